The summed E-state index contributed by atoms with van der Waals surface area (Å²) in [7, 11) is 0. The molecule has 0 fully saturated rings. The van der Waals surface area contributed by atoms with Crippen molar-refractivity contribution in [2.45, 2.75) is 0 Å². The first-order valence-corrected chi connectivity index (χ1v) is 8.03. The summed E-state index contributed by atoms with van der Waals surface area (Å²) in [4.78, 5) is 26.0. The Morgan fingerprint density at radius 3 is 2.69 bits per heavy atom. The molecule has 3 aromatic rings. The van der Waals surface area contributed by atoms with Gasteiger partial charge in [0.25, 0.3) is 5.69 Å². The number of H-pyrrole nitrogens is 1. The first-order chi connectivity index (χ1) is 12.4. The Morgan fingerprint density at radius 2 is 2.00 bits per heavy atom. The molecular weight excluding hydrogens is 377 g/mol. The number of halogens is 2. The average molecular weight is 386 g/mol. The molecule has 0 saturated carbocycles. The van der Waals surface area contributed by atoms with Crippen LogP contribution in [0.4, 0.5) is 5.69 Å². The molecule has 3 rings (SSSR count). The van der Waals surface area contributed by atoms with E-state index in [1.165, 1.54) is 30.5 Å². The molecule has 128 valence electrons. The van der Waals surface area contributed by atoms with Crippen LogP contribution in [0.1, 0.15) is 15.9 Å². The number of benzene rings is 2. The Kier molecular flexibility index (Phi) is 4.76. The van der Waals surface area contributed by atoms with Crippen LogP contribution in [0.15, 0.2) is 48.2 Å². The van der Waals surface area contributed by atoms with E-state index in [0.29, 0.717) is 27.1 Å². The fraction of sp³-hybridized carbons (Fsp3) is 0. The molecule has 2 aromatic carbocycles. The van der Waals surface area contributed by atoms with Gasteiger partial charge >= 0.3 is 0 Å². The summed E-state index contributed by atoms with van der Waals surface area (Å²) in [6.45, 7) is 0. The number of fused-ring (bicyclic) bond motifs is 1. The smallest absolute Gasteiger partial charge is 0.288 e. The van der Waals surface area contributed by atoms with Crippen molar-refractivity contribution in [1.29, 1.82) is 5.26 Å². The Balaban J connectivity index is 2.04. The van der Waals surface area contributed by atoms with Crippen molar-refractivity contribution in [1.82, 2.24) is 4.98 Å². The maximum atomic E-state index is 12.7. The third kappa shape index (κ3) is 3.31. The molecule has 0 aliphatic carbocycles. The van der Waals surface area contributed by atoms with Crippen LogP contribution in [0.5, 0.6) is 0 Å². The molecule has 26 heavy (non-hydrogen) atoms. The fourth-order valence-electron chi connectivity index (χ4n) is 2.51. The van der Waals surface area contributed by atoms with Crippen LogP contribution in [-0.2, 0) is 0 Å². The standard InChI is InChI=1S/C18H9Cl2N3O3/c19-12-2-3-13-14(9-22-16(13)7-12)18(24)11(8-21)5-10-1-4-15(20)17(6-10)23(25)26/h1-7,9,22H/b11-5+. The quantitative estimate of drug-likeness (QED) is 0.220. The van der Waals surface area contributed by atoms with E-state index in [1.54, 1.807) is 18.2 Å². The molecule has 0 amide bonds. The van der Waals surface area contributed by atoms with Crippen LogP contribution in [0.3, 0.4) is 0 Å². The molecule has 6 nitrogen and oxygen atoms in total. The molecule has 0 radical (unpaired) electrons. The fourth-order valence-corrected chi connectivity index (χ4v) is 2.86. The van der Waals surface area contributed by atoms with E-state index in [9.17, 15) is 20.2 Å². The maximum Gasteiger partial charge on any atom is 0.288 e. The number of aromatic amines is 1. The lowest BCUT2D eigenvalue weighted by Crippen LogP contribution is -2.01. The molecule has 0 atom stereocenters. The van der Waals surface area contributed by atoms with E-state index in [-0.39, 0.29) is 16.3 Å². The third-order valence-corrected chi connectivity index (χ3v) is 4.29. The second-order valence-corrected chi connectivity index (χ2v) is 6.20. The summed E-state index contributed by atoms with van der Waals surface area (Å²) in [5, 5.41) is 21.5. The van der Waals surface area contributed by atoms with Gasteiger partial charge in [-0.05, 0) is 29.8 Å². The highest BCUT2D eigenvalue weighted by atomic mass is 35.5. The Bertz CT molecular complexity index is 1130. The topological polar surface area (TPSA) is 99.8 Å². The predicted octanol–water partition coefficient (Wildman–Crippen LogP) is 5.17. The Hall–Kier alpha value is -3.14. The highest BCUT2D eigenvalue weighted by Gasteiger charge is 2.18. The monoisotopic (exact) mass is 385 g/mol. The van der Waals surface area contributed by atoms with Crippen molar-refractivity contribution < 1.29 is 9.72 Å². The number of nitro groups is 1. The molecule has 0 bridgehead atoms. The molecule has 0 unspecified atom stereocenters. The molecule has 0 aliphatic heterocycles. The highest BCUT2D eigenvalue weighted by Crippen LogP contribution is 2.27. The number of carbonyl (C=O) groups excluding carboxylic acids is 1. The number of nitrogens with one attached hydrogen (secondary N) is 1. The summed E-state index contributed by atoms with van der Waals surface area (Å²) in [5.74, 6) is -0.501. The number of Topliss-reactive ketones (excluding diaryl/α,β-unsaturated/α-hetero) is 1. The number of rotatable bonds is 4. The minimum atomic E-state index is -0.628. The summed E-state index contributed by atoms with van der Waals surface area (Å²) < 4.78 is 0. The van der Waals surface area contributed by atoms with Crippen LogP contribution < -0.4 is 0 Å². The number of hydrogen-bond donors (Lipinski definition) is 1. The van der Waals surface area contributed by atoms with Crippen molar-refractivity contribution >= 4 is 51.7 Å². The van der Waals surface area contributed by atoms with Gasteiger partial charge in [-0.15, -0.1) is 0 Å². The van der Waals surface area contributed by atoms with Gasteiger partial charge in [-0.2, -0.15) is 5.26 Å². The summed E-state index contributed by atoms with van der Waals surface area (Å²) in [6.07, 6.45) is 2.79. The number of nitrogens with zero attached hydrogens (tertiary/aromatic N) is 2. The molecule has 1 aromatic heterocycles. The zero-order valence-electron chi connectivity index (χ0n) is 13.0. The summed E-state index contributed by atoms with van der Waals surface area (Å²) in [5.41, 5.74) is 0.853. The number of aromatic nitrogens is 1. The van der Waals surface area contributed by atoms with Crippen molar-refractivity contribution in [3.8, 4) is 6.07 Å². The van der Waals surface area contributed by atoms with Crippen molar-refractivity contribution in [2.75, 3.05) is 0 Å². The van der Waals surface area contributed by atoms with Gasteiger partial charge in [-0.25, -0.2) is 0 Å². The van der Waals surface area contributed by atoms with E-state index in [0.717, 1.165) is 0 Å². The first-order valence-electron chi connectivity index (χ1n) is 7.28. The lowest BCUT2D eigenvalue weighted by Gasteiger charge is -2.00. The van der Waals surface area contributed by atoms with Crippen LogP contribution >= 0.6 is 23.2 Å². The van der Waals surface area contributed by atoms with E-state index in [4.69, 9.17) is 23.2 Å². The van der Waals surface area contributed by atoms with Crippen LogP contribution in [0.25, 0.3) is 17.0 Å². The normalized spacial score (nSPS) is 11.3. The predicted molar refractivity (Wildman–Crippen MR) is 99.3 cm³/mol. The number of nitro benzene ring substituents is 1. The molecule has 0 aliphatic rings. The van der Waals surface area contributed by atoms with E-state index in [1.807, 2.05) is 6.07 Å². The third-order valence-electron chi connectivity index (χ3n) is 3.73. The zero-order chi connectivity index (χ0) is 18.8. The van der Waals surface area contributed by atoms with Crippen molar-refractivity contribution in [2.24, 2.45) is 0 Å². The lowest BCUT2D eigenvalue weighted by molar-refractivity contribution is -0.384. The lowest BCUT2D eigenvalue weighted by atomic mass is 10.0. The van der Waals surface area contributed by atoms with E-state index >= 15 is 0 Å². The average Bonchev–Trinajstić information content (AvgIpc) is 3.03. The SMILES string of the molecule is N#C/C(=C\c1ccc(Cl)c([N+](=O)[O-])c1)C(=O)c1c[nH]c2cc(Cl)ccc12. The van der Waals surface area contributed by atoms with Crippen molar-refractivity contribution in [3.63, 3.8) is 0 Å². The molecule has 0 saturated heterocycles. The van der Waals surface area contributed by atoms with E-state index in [2.05, 4.69) is 4.98 Å². The van der Waals surface area contributed by atoms with Gasteiger partial charge in [0.2, 0.25) is 5.78 Å². The molecule has 8 heteroatoms. The van der Waals surface area contributed by atoms with Gasteiger partial charge in [-0.1, -0.05) is 35.3 Å². The van der Waals surface area contributed by atoms with Gasteiger partial charge in [-0.3, -0.25) is 14.9 Å². The Labute approximate surface area is 157 Å². The maximum absolute atomic E-state index is 12.7. The number of allylic oxidation sites excluding steroid dienone is 1. The van der Waals surface area contributed by atoms with E-state index < -0.39 is 10.7 Å². The largest absolute Gasteiger partial charge is 0.360 e. The first kappa shape index (κ1) is 17.7. The van der Waals surface area contributed by atoms with Gasteiger partial charge in [0.1, 0.15) is 16.7 Å². The van der Waals surface area contributed by atoms with Gasteiger partial charge in [0.05, 0.1) is 4.92 Å². The molecule has 1 N–H and O–H groups in total. The molecule has 0 spiro atoms. The number of nitriles is 1. The Morgan fingerprint density at radius 1 is 1.23 bits per heavy atom. The summed E-state index contributed by atoms with van der Waals surface area (Å²) >= 11 is 11.7. The molecule has 1 heterocycles. The zero-order valence-corrected chi connectivity index (χ0v) is 14.5. The van der Waals surface area contributed by atoms with Gasteiger partial charge < -0.3 is 4.98 Å². The second kappa shape index (κ2) is 7.00. The van der Waals surface area contributed by atoms with Gasteiger partial charge in [0, 0.05) is 33.8 Å². The number of ketones is 1. The number of hydrogen-bond acceptors (Lipinski definition) is 4. The number of carbonyl (C=O) groups is 1. The summed E-state index contributed by atoms with van der Waals surface area (Å²) in [6, 6.07) is 10.9. The van der Waals surface area contributed by atoms with Gasteiger partial charge in [0.15, 0.2) is 0 Å². The van der Waals surface area contributed by atoms with Crippen LogP contribution in [0, 0.1) is 21.4 Å². The minimum Gasteiger partial charge on any atom is -0.360 e. The van der Waals surface area contributed by atoms with Crippen LogP contribution in [0.2, 0.25) is 10.0 Å². The van der Waals surface area contributed by atoms with Crippen molar-refractivity contribution in [3.05, 3.63) is 79.5 Å². The van der Waals surface area contributed by atoms with Crippen LogP contribution in [-0.4, -0.2) is 15.7 Å². The minimum absolute atomic E-state index is 0.0227. The molecular formula is C18H9Cl2N3O3. The highest BCUT2D eigenvalue weighted by molar-refractivity contribution is 6.32. The second-order valence-electron chi connectivity index (χ2n) is 5.36.